The summed E-state index contributed by atoms with van der Waals surface area (Å²) in [6.45, 7) is 4.30. The highest BCUT2D eigenvalue weighted by Gasteiger charge is 2.32. The number of likely N-dealkylation sites (N-methyl/N-ethyl adjacent to an activating group) is 1. The van der Waals surface area contributed by atoms with Crippen molar-refractivity contribution in [3.8, 4) is 5.75 Å². The SMILES string of the molecule is CCN(C)C1CCN(c2cc(OC)cc(F)c2[N+](=O)[O-])C1. The van der Waals surface area contributed by atoms with Gasteiger partial charge >= 0.3 is 5.69 Å². The molecule has 0 radical (unpaired) electrons. The van der Waals surface area contributed by atoms with Crippen LogP contribution in [0, 0.1) is 15.9 Å². The van der Waals surface area contributed by atoms with Gasteiger partial charge in [-0.1, -0.05) is 6.92 Å². The first-order valence-electron chi connectivity index (χ1n) is 6.95. The summed E-state index contributed by atoms with van der Waals surface area (Å²) in [5.74, 6) is -0.568. The average Bonchev–Trinajstić information content (AvgIpc) is 2.94. The highest BCUT2D eigenvalue weighted by molar-refractivity contribution is 5.67. The molecule has 0 spiro atoms. The Morgan fingerprint density at radius 1 is 1.57 bits per heavy atom. The molecule has 0 aliphatic carbocycles. The van der Waals surface area contributed by atoms with E-state index in [1.54, 1.807) is 0 Å². The molecule has 1 aliphatic rings. The number of hydrogen-bond donors (Lipinski definition) is 0. The van der Waals surface area contributed by atoms with Crippen molar-refractivity contribution in [1.82, 2.24) is 4.90 Å². The Balaban J connectivity index is 2.35. The zero-order valence-corrected chi connectivity index (χ0v) is 12.5. The maximum absolute atomic E-state index is 14.0. The van der Waals surface area contributed by atoms with Crippen molar-refractivity contribution in [2.75, 3.05) is 38.7 Å². The number of halogens is 1. The van der Waals surface area contributed by atoms with Gasteiger partial charge in [-0.05, 0) is 20.0 Å². The molecule has 6 nitrogen and oxygen atoms in total. The summed E-state index contributed by atoms with van der Waals surface area (Å²) < 4.78 is 19.0. The molecule has 2 rings (SSSR count). The number of nitrogens with zero attached hydrogens (tertiary/aromatic N) is 3. The normalized spacial score (nSPS) is 18.3. The first-order valence-corrected chi connectivity index (χ1v) is 6.95. The number of ether oxygens (including phenoxy) is 1. The second-order valence-electron chi connectivity index (χ2n) is 5.20. The maximum atomic E-state index is 14.0. The highest BCUT2D eigenvalue weighted by Crippen LogP contribution is 2.37. The van der Waals surface area contributed by atoms with E-state index in [-0.39, 0.29) is 0 Å². The van der Waals surface area contributed by atoms with Crippen LogP contribution in [0.15, 0.2) is 12.1 Å². The lowest BCUT2D eigenvalue weighted by atomic mass is 10.2. The smallest absolute Gasteiger partial charge is 0.328 e. The number of anilines is 1. The first kappa shape index (κ1) is 15.5. The summed E-state index contributed by atoms with van der Waals surface area (Å²) in [7, 11) is 3.44. The van der Waals surface area contributed by atoms with Crippen LogP contribution >= 0.6 is 0 Å². The van der Waals surface area contributed by atoms with Crippen LogP contribution < -0.4 is 9.64 Å². The zero-order valence-electron chi connectivity index (χ0n) is 12.5. The summed E-state index contributed by atoms with van der Waals surface area (Å²) in [6, 6.07) is 2.91. The van der Waals surface area contributed by atoms with E-state index >= 15 is 0 Å². The summed E-state index contributed by atoms with van der Waals surface area (Å²) in [4.78, 5) is 14.6. The third-order valence-electron chi connectivity index (χ3n) is 4.06. The molecule has 1 saturated heterocycles. The number of nitro benzene ring substituents is 1. The topological polar surface area (TPSA) is 58.8 Å². The van der Waals surface area contributed by atoms with Crippen LogP contribution in [0.4, 0.5) is 15.8 Å². The van der Waals surface area contributed by atoms with Crippen molar-refractivity contribution >= 4 is 11.4 Å². The molecule has 7 heteroatoms. The third kappa shape index (κ3) is 3.07. The number of hydrogen-bond acceptors (Lipinski definition) is 5. The number of nitro groups is 1. The maximum Gasteiger partial charge on any atom is 0.328 e. The zero-order chi connectivity index (χ0) is 15.6. The summed E-state index contributed by atoms with van der Waals surface area (Å²) >= 11 is 0. The second kappa shape index (κ2) is 6.26. The predicted octanol–water partition coefficient (Wildman–Crippen LogP) is 2.27. The molecule has 116 valence electrons. The monoisotopic (exact) mass is 297 g/mol. The van der Waals surface area contributed by atoms with Crippen molar-refractivity contribution in [2.45, 2.75) is 19.4 Å². The van der Waals surface area contributed by atoms with Gasteiger partial charge in [0.25, 0.3) is 0 Å². The van der Waals surface area contributed by atoms with Gasteiger partial charge in [-0.3, -0.25) is 10.1 Å². The fraction of sp³-hybridized carbons (Fsp3) is 0.571. The lowest BCUT2D eigenvalue weighted by molar-refractivity contribution is -0.386. The molecule has 1 atom stereocenters. The molecule has 0 aromatic heterocycles. The minimum atomic E-state index is -0.860. The molecule has 1 unspecified atom stereocenters. The van der Waals surface area contributed by atoms with Crippen LogP contribution in [0.1, 0.15) is 13.3 Å². The van der Waals surface area contributed by atoms with E-state index in [0.29, 0.717) is 30.6 Å². The van der Waals surface area contributed by atoms with Crippen LogP contribution in [0.5, 0.6) is 5.75 Å². The summed E-state index contributed by atoms with van der Waals surface area (Å²) in [5, 5.41) is 11.2. The molecule has 1 aliphatic heterocycles. The third-order valence-corrected chi connectivity index (χ3v) is 4.06. The molecule has 0 N–H and O–H groups in total. The Labute approximate surface area is 123 Å². The van der Waals surface area contributed by atoms with E-state index in [1.807, 2.05) is 11.9 Å². The predicted molar refractivity (Wildman–Crippen MR) is 78.5 cm³/mol. The minimum Gasteiger partial charge on any atom is -0.497 e. The van der Waals surface area contributed by atoms with Gasteiger partial charge in [0.15, 0.2) is 0 Å². The van der Waals surface area contributed by atoms with Gasteiger partial charge in [-0.25, -0.2) is 0 Å². The first-order chi connectivity index (χ1) is 9.97. The Bertz CT molecular complexity index is 538. The van der Waals surface area contributed by atoms with Gasteiger partial charge in [0.2, 0.25) is 5.82 Å². The number of benzene rings is 1. The molecule has 0 saturated carbocycles. The highest BCUT2D eigenvalue weighted by atomic mass is 19.1. The van der Waals surface area contributed by atoms with Gasteiger partial charge in [0.1, 0.15) is 11.4 Å². The average molecular weight is 297 g/mol. The fourth-order valence-electron chi connectivity index (χ4n) is 2.68. The van der Waals surface area contributed by atoms with E-state index in [1.165, 1.54) is 13.2 Å². The quantitative estimate of drug-likeness (QED) is 0.616. The lowest BCUT2D eigenvalue weighted by Gasteiger charge is -2.24. The summed E-state index contributed by atoms with van der Waals surface area (Å²) in [5.41, 5.74) is -0.181. The largest absolute Gasteiger partial charge is 0.497 e. The Morgan fingerprint density at radius 2 is 2.29 bits per heavy atom. The van der Waals surface area contributed by atoms with Gasteiger partial charge in [0.05, 0.1) is 12.0 Å². The van der Waals surface area contributed by atoms with Gasteiger partial charge in [0, 0.05) is 31.3 Å². The van der Waals surface area contributed by atoms with Crippen molar-refractivity contribution in [2.24, 2.45) is 0 Å². The van der Waals surface area contributed by atoms with Crippen molar-refractivity contribution in [1.29, 1.82) is 0 Å². The summed E-state index contributed by atoms with van der Waals surface area (Å²) in [6.07, 6.45) is 0.903. The molecule has 1 aromatic carbocycles. The molecule has 1 heterocycles. The number of rotatable bonds is 5. The van der Waals surface area contributed by atoms with Crippen LogP contribution in [0.2, 0.25) is 0 Å². The van der Waals surface area contributed by atoms with Gasteiger partial charge in [-0.15, -0.1) is 0 Å². The molecule has 1 fully saturated rings. The fourth-order valence-corrected chi connectivity index (χ4v) is 2.68. The van der Waals surface area contributed by atoms with E-state index in [4.69, 9.17) is 4.74 Å². The van der Waals surface area contributed by atoms with E-state index in [0.717, 1.165) is 19.0 Å². The van der Waals surface area contributed by atoms with Crippen LogP contribution in [-0.4, -0.2) is 49.7 Å². The second-order valence-corrected chi connectivity index (χ2v) is 5.20. The van der Waals surface area contributed by atoms with Crippen molar-refractivity contribution in [3.05, 3.63) is 28.1 Å². The molecular weight excluding hydrogens is 277 g/mol. The molecular formula is C14H20FN3O3. The molecule has 0 bridgehead atoms. The standard InChI is InChI=1S/C14H20FN3O3/c1-4-16(2)10-5-6-17(9-10)13-8-11(21-3)7-12(15)14(13)18(19)20/h7-8,10H,4-6,9H2,1-3H3. The van der Waals surface area contributed by atoms with E-state index in [2.05, 4.69) is 11.8 Å². The minimum absolute atomic E-state index is 0.292. The molecule has 1 aromatic rings. The van der Waals surface area contributed by atoms with Crippen LogP contribution in [0.3, 0.4) is 0 Å². The number of methoxy groups -OCH3 is 1. The van der Waals surface area contributed by atoms with Crippen molar-refractivity contribution in [3.63, 3.8) is 0 Å². The molecule has 0 amide bonds. The van der Waals surface area contributed by atoms with Crippen molar-refractivity contribution < 1.29 is 14.1 Å². The lowest BCUT2D eigenvalue weighted by Crippen LogP contribution is -2.34. The van der Waals surface area contributed by atoms with Gasteiger partial charge in [-0.2, -0.15) is 4.39 Å². The Kier molecular flexibility index (Phi) is 4.62. The van der Waals surface area contributed by atoms with Gasteiger partial charge < -0.3 is 14.5 Å². The molecule has 21 heavy (non-hydrogen) atoms. The van der Waals surface area contributed by atoms with E-state index in [9.17, 15) is 14.5 Å². The Hall–Kier alpha value is -1.89. The Morgan fingerprint density at radius 3 is 2.86 bits per heavy atom. The van der Waals surface area contributed by atoms with Crippen LogP contribution in [0.25, 0.3) is 0 Å². The van der Waals surface area contributed by atoms with Crippen LogP contribution in [-0.2, 0) is 0 Å². The van der Waals surface area contributed by atoms with E-state index < -0.39 is 16.4 Å².